The van der Waals surface area contributed by atoms with Crippen molar-refractivity contribution in [3.63, 3.8) is 0 Å². The van der Waals surface area contributed by atoms with Crippen molar-refractivity contribution in [3.8, 4) is 0 Å². The molecule has 2 N–H and O–H groups in total. The molecule has 5 nitrogen and oxygen atoms in total. The summed E-state index contributed by atoms with van der Waals surface area (Å²) in [5.41, 5.74) is 4.90. The van der Waals surface area contributed by atoms with Crippen LogP contribution in [-0.2, 0) is 9.59 Å². The second-order valence-corrected chi connectivity index (χ2v) is 7.59. The highest BCUT2D eigenvalue weighted by molar-refractivity contribution is 8.15. The van der Waals surface area contributed by atoms with Crippen LogP contribution >= 0.6 is 11.8 Å². The van der Waals surface area contributed by atoms with Gasteiger partial charge >= 0.3 is 0 Å². The summed E-state index contributed by atoms with van der Waals surface area (Å²) in [6.07, 6.45) is 0.133. The number of thioether (sulfide) groups is 1. The van der Waals surface area contributed by atoms with Gasteiger partial charge in [0.1, 0.15) is 5.25 Å². The Bertz CT molecular complexity index is 875. The van der Waals surface area contributed by atoms with Gasteiger partial charge in [0.2, 0.25) is 11.8 Å². The van der Waals surface area contributed by atoms with E-state index in [1.54, 1.807) is 0 Å². The molecular formula is C20H21N3O2S. The van der Waals surface area contributed by atoms with Crippen LogP contribution < -0.4 is 10.6 Å². The SMILES string of the molecule is Cc1ccc(N=C2NC(=O)CC(C(=O)Nc3ccc(C)c(C)c3)S2)cc1. The molecule has 2 aromatic rings. The normalized spacial score (nSPS) is 18.5. The van der Waals surface area contributed by atoms with Gasteiger partial charge < -0.3 is 10.6 Å². The molecule has 1 unspecified atom stereocenters. The number of nitrogens with zero attached hydrogens (tertiary/aromatic N) is 1. The predicted octanol–water partition coefficient (Wildman–Crippen LogP) is 3.86. The van der Waals surface area contributed by atoms with Crippen LogP contribution in [0.3, 0.4) is 0 Å². The maximum atomic E-state index is 12.6. The van der Waals surface area contributed by atoms with Crippen LogP contribution in [0.4, 0.5) is 11.4 Å². The smallest absolute Gasteiger partial charge is 0.238 e. The van der Waals surface area contributed by atoms with Gasteiger partial charge in [-0.05, 0) is 56.2 Å². The van der Waals surface area contributed by atoms with Gasteiger partial charge in [0.15, 0.2) is 5.17 Å². The summed E-state index contributed by atoms with van der Waals surface area (Å²) in [4.78, 5) is 29.0. The molecule has 1 fully saturated rings. The zero-order valence-corrected chi connectivity index (χ0v) is 15.8. The molecule has 134 valence electrons. The van der Waals surface area contributed by atoms with Crippen LogP contribution in [0, 0.1) is 20.8 Å². The molecule has 2 amide bonds. The molecule has 1 aliphatic rings. The molecule has 2 aromatic carbocycles. The fraction of sp³-hybridized carbons (Fsp3) is 0.250. The molecule has 0 bridgehead atoms. The average Bonchev–Trinajstić information content (AvgIpc) is 2.60. The lowest BCUT2D eigenvalue weighted by atomic mass is 10.1. The number of amides is 2. The minimum absolute atomic E-state index is 0.133. The molecule has 26 heavy (non-hydrogen) atoms. The van der Waals surface area contributed by atoms with Crippen molar-refractivity contribution >= 4 is 40.1 Å². The van der Waals surface area contributed by atoms with E-state index < -0.39 is 5.25 Å². The number of aryl methyl sites for hydroxylation is 3. The Hall–Kier alpha value is -2.60. The molecule has 0 spiro atoms. The van der Waals surface area contributed by atoms with Gasteiger partial charge in [-0.25, -0.2) is 4.99 Å². The van der Waals surface area contributed by atoms with Crippen LogP contribution in [0.2, 0.25) is 0 Å². The van der Waals surface area contributed by atoms with E-state index in [4.69, 9.17) is 0 Å². The van der Waals surface area contributed by atoms with Crippen LogP contribution in [0.25, 0.3) is 0 Å². The van der Waals surface area contributed by atoms with E-state index in [0.717, 1.165) is 22.5 Å². The number of carbonyl (C=O) groups is 2. The molecule has 1 atom stereocenters. The van der Waals surface area contributed by atoms with Crippen molar-refractivity contribution in [2.45, 2.75) is 32.4 Å². The second-order valence-electron chi connectivity index (χ2n) is 6.40. The Labute approximate surface area is 157 Å². The summed E-state index contributed by atoms with van der Waals surface area (Å²) in [6.45, 7) is 6.03. The Morgan fingerprint density at radius 3 is 2.54 bits per heavy atom. The second kappa shape index (κ2) is 7.74. The molecule has 1 heterocycles. The quantitative estimate of drug-likeness (QED) is 0.865. The predicted molar refractivity (Wildman–Crippen MR) is 107 cm³/mol. The summed E-state index contributed by atoms with van der Waals surface area (Å²) in [5.74, 6) is -0.389. The van der Waals surface area contributed by atoms with E-state index in [2.05, 4.69) is 15.6 Å². The van der Waals surface area contributed by atoms with Crippen molar-refractivity contribution in [2.24, 2.45) is 4.99 Å². The van der Waals surface area contributed by atoms with Gasteiger partial charge in [0.25, 0.3) is 0 Å². The third kappa shape index (κ3) is 4.52. The fourth-order valence-electron chi connectivity index (χ4n) is 2.52. The zero-order valence-electron chi connectivity index (χ0n) is 15.0. The van der Waals surface area contributed by atoms with Crippen molar-refractivity contribution in [2.75, 3.05) is 5.32 Å². The summed E-state index contributed by atoms with van der Waals surface area (Å²) in [5, 5.41) is 5.58. The average molecular weight is 367 g/mol. The number of anilines is 1. The highest BCUT2D eigenvalue weighted by atomic mass is 32.2. The first-order valence-electron chi connectivity index (χ1n) is 8.41. The van der Waals surface area contributed by atoms with Crippen LogP contribution in [-0.4, -0.2) is 22.2 Å². The number of aliphatic imine (C=N–C) groups is 1. The lowest BCUT2D eigenvalue weighted by Gasteiger charge is -2.22. The molecule has 0 radical (unpaired) electrons. The van der Waals surface area contributed by atoms with Crippen molar-refractivity contribution < 1.29 is 9.59 Å². The van der Waals surface area contributed by atoms with Gasteiger partial charge in [-0.1, -0.05) is 35.5 Å². The number of hydrogen-bond donors (Lipinski definition) is 2. The number of amidine groups is 1. The lowest BCUT2D eigenvalue weighted by Crippen LogP contribution is -2.41. The number of carbonyl (C=O) groups excluding carboxylic acids is 2. The van der Waals surface area contributed by atoms with Crippen molar-refractivity contribution in [1.82, 2.24) is 5.32 Å². The Balaban J connectivity index is 1.72. The molecule has 1 saturated heterocycles. The molecular weight excluding hydrogens is 346 g/mol. The van der Waals surface area contributed by atoms with Gasteiger partial charge in [-0.2, -0.15) is 0 Å². The highest BCUT2D eigenvalue weighted by Crippen LogP contribution is 2.25. The van der Waals surface area contributed by atoms with E-state index in [1.807, 2.05) is 63.2 Å². The molecule has 3 rings (SSSR count). The maximum absolute atomic E-state index is 12.6. The van der Waals surface area contributed by atoms with E-state index in [-0.39, 0.29) is 18.2 Å². The number of nitrogens with one attached hydrogen (secondary N) is 2. The number of hydrogen-bond acceptors (Lipinski definition) is 4. The number of benzene rings is 2. The standard InChI is InChI=1S/C20H21N3O2S/c1-12-4-7-15(8-5-12)22-20-23-18(24)11-17(26-20)19(25)21-16-9-6-13(2)14(3)10-16/h4-10,17H,11H2,1-3H3,(H,21,25)(H,22,23,24). The Morgan fingerprint density at radius 2 is 1.85 bits per heavy atom. The van der Waals surface area contributed by atoms with Crippen molar-refractivity contribution in [1.29, 1.82) is 0 Å². The third-order valence-corrected chi connectivity index (χ3v) is 5.28. The summed E-state index contributed by atoms with van der Waals surface area (Å²) >= 11 is 1.27. The number of rotatable bonds is 3. The van der Waals surface area contributed by atoms with Crippen LogP contribution in [0.15, 0.2) is 47.5 Å². The van der Waals surface area contributed by atoms with Gasteiger partial charge in [0.05, 0.1) is 5.69 Å². The molecule has 1 aliphatic heterocycles. The van der Waals surface area contributed by atoms with Crippen molar-refractivity contribution in [3.05, 3.63) is 59.2 Å². The minimum atomic E-state index is -0.505. The lowest BCUT2D eigenvalue weighted by molar-refractivity contribution is -0.123. The molecule has 0 aliphatic carbocycles. The first-order chi connectivity index (χ1) is 12.4. The summed E-state index contributed by atoms with van der Waals surface area (Å²) in [6, 6.07) is 13.5. The third-order valence-electron chi connectivity index (χ3n) is 4.20. The van der Waals surface area contributed by atoms with Crippen LogP contribution in [0.5, 0.6) is 0 Å². The molecule has 6 heteroatoms. The molecule has 0 aromatic heterocycles. The zero-order chi connectivity index (χ0) is 18.7. The van der Waals surface area contributed by atoms with E-state index in [1.165, 1.54) is 17.3 Å². The van der Waals surface area contributed by atoms with Gasteiger partial charge in [-0.3, -0.25) is 9.59 Å². The van der Waals surface area contributed by atoms with E-state index >= 15 is 0 Å². The topological polar surface area (TPSA) is 70.6 Å². The minimum Gasteiger partial charge on any atom is -0.325 e. The first-order valence-corrected chi connectivity index (χ1v) is 9.28. The van der Waals surface area contributed by atoms with Gasteiger partial charge in [0, 0.05) is 12.1 Å². The maximum Gasteiger partial charge on any atom is 0.238 e. The first kappa shape index (κ1) is 18.2. The highest BCUT2D eigenvalue weighted by Gasteiger charge is 2.30. The summed E-state index contributed by atoms with van der Waals surface area (Å²) in [7, 11) is 0. The Morgan fingerprint density at radius 1 is 1.12 bits per heavy atom. The Kier molecular flexibility index (Phi) is 5.42. The van der Waals surface area contributed by atoms with E-state index in [0.29, 0.717) is 5.17 Å². The van der Waals surface area contributed by atoms with Crippen LogP contribution in [0.1, 0.15) is 23.1 Å². The van der Waals surface area contributed by atoms with E-state index in [9.17, 15) is 9.59 Å². The largest absolute Gasteiger partial charge is 0.325 e. The summed E-state index contributed by atoms with van der Waals surface area (Å²) < 4.78 is 0. The fourth-order valence-corrected chi connectivity index (χ4v) is 3.52. The van der Waals surface area contributed by atoms with Gasteiger partial charge in [-0.15, -0.1) is 0 Å². The monoisotopic (exact) mass is 367 g/mol. The molecule has 0 saturated carbocycles.